The van der Waals surface area contributed by atoms with E-state index in [2.05, 4.69) is 44.9 Å². The zero-order chi connectivity index (χ0) is 13.0. The number of aromatic nitrogens is 1. The van der Waals surface area contributed by atoms with Crippen LogP contribution >= 0.6 is 15.9 Å². The largest absolute Gasteiger partial charge is 0.354 e. The van der Waals surface area contributed by atoms with Gasteiger partial charge in [-0.25, -0.2) is 4.98 Å². The lowest BCUT2D eigenvalue weighted by atomic mass is 9.90. The van der Waals surface area contributed by atoms with Gasteiger partial charge in [-0.2, -0.15) is 0 Å². The molecule has 0 unspecified atom stereocenters. The zero-order valence-corrected chi connectivity index (χ0v) is 12.6. The summed E-state index contributed by atoms with van der Waals surface area (Å²) in [6.45, 7) is 3.30. The van der Waals surface area contributed by atoms with E-state index in [0.29, 0.717) is 12.1 Å². The quantitative estimate of drug-likeness (QED) is 0.927. The summed E-state index contributed by atoms with van der Waals surface area (Å²) in [7, 11) is 0. The summed E-state index contributed by atoms with van der Waals surface area (Å²) in [6.07, 6.45) is 7.70. The first kappa shape index (κ1) is 13.8. The van der Waals surface area contributed by atoms with Crippen LogP contribution in [0.15, 0.2) is 22.8 Å². The van der Waals surface area contributed by atoms with Crippen molar-refractivity contribution in [3.05, 3.63) is 22.8 Å². The number of rotatable bonds is 4. The zero-order valence-electron chi connectivity index (χ0n) is 11.0. The summed E-state index contributed by atoms with van der Waals surface area (Å²) < 4.78 is 1.04. The van der Waals surface area contributed by atoms with Gasteiger partial charge in [0.2, 0.25) is 0 Å². The number of nitrogens with zero attached hydrogens (tertiary/aromatic N) is 2. The van der Waals surface area contributed by atoms with E-state index in [9.17, 15) is 0 Å². The van der Waals surface area contributed by atoms with Crippen molar-refractivity contribution in [1.82, 2.24) is 4.98 Å². The van der Waals surface area contributed by atoms with Gasteiger partial charge in [-0.3, -0.25) is 0 Å². The van der Waals surface area contributed by atoms with Crippen LogP contribution in [0.2, 0.25) is 0 Å². The lowest BCUT2D eigenvalue weighted by Gasteiger charge is -2.36. The average molecular weight is 312 g/mol. The van der Waals surface area contributed by atoms with Crippen molar-refractivity contribution in [1.29, 1.82) is 0 Å². The SMILES string of the molecule is CCCN(c1ccc(Br)cn1)C1CCC(N)CC1. The Morgan fingerprint density at radius 3 is 2.61 bits per heavy atom. The second-order valence-electron chi connectivity index (χ2n) is 5.10. The highest BCUT2D eigenvalue weighted by atomic mass is 79.9. The van der Waals surface area contributed by atoms with Crippen molar-refractivity contribution >= 4 is 21.7 Å². The highest BCUT2D eigenvalue weighted by Crippen LogP contribution is 2.26. The van der Waals surface area contributed by atoms with Gasteiger partial charge in [0, 0.05) is 29.3 Å². The summed E-state index contributed by atoms with van der Waals surface area (Å²) in [5.74, 6) is 1.10. The third-order valence-corrected chi connectivity index (χ3v) is 4.12. The monoisotopic (exact) mass is 311 g/mol. The normalized spacial score (nSPS) is 23.9. The smallest absolute Gasteiger partial charge is 0.128 e. The summed E-state index contributed by atoms with van der Waals surface area (Å²) in [5.41, 5.74) is 5.99. The molecule has 1 heterocycles. The van der Waals surface area contributed by atoms with E-state index in [4.69, 9.17) is 5.73 Å². The van der Waals surface area contributed by atoms with Gasteiger partial charge in [0.25, 0.3) is 0 Å². The van der Waals surface area contributed by atoms with E-state index in [-0.39, 0.29) is 0 Å². The maximum Gasteiger partial charge on any atom is 0.128 e. The molecule has 3 nitrogen and oxygen atoms in total. The molecule has 1 aromatic rings. The van der Waals surface area contributed by atoms with E-state index in [1.54, 1.807) is 0 Å². The van der Waals surface area contributed by atoms with Gasteiger partial charge in [0.1, 0.15) is 5.82 Å². The topological polar surface area (TPSA) is 42.2 Å². The molecule has 0 spiro atoms. The standard InChI is InChI=1S/C14H22BrN3/c1-2-9-18(13-6-4-12(16)5-7-13)14-8-3-11(15)10-17-14/h3,8,10,12-13H,2,4-7,9,16H2,1H3. The molecule has 2 rings (SSSR count). The molecule has 0 radical (unpaired) electrons. The highest BCUT2D eigenvalue weighted by Gasteiger charge is 2.24. The molecule has 0 atom stereocenters. The maximum atomic E-state index is 5.99. The average Bonchev–Trinajstić information content (AvgIpc) is 2.39. The maximum absolute atomic E-state index is 5.99. The Kier molecular flexibility index (Phi) is 5.01. The number of pyridine rings is 1. The van der Waals surface area contributed by atoms with Crippen LogP contribution in [-0.4, -0.2) is 23.6 Å². The first-order chi connectivity index (χ1) is 8.70. The van der Waals surface area contributed by atoms with Gasteiger partial charge in [-0.05, 0) is 60.2 Å². The molecule has 1 saturated carbocycles. The fraction of sp³-hybridized carbons (Fsp3) is 0.643. The number of halogens is 1. The Hall–Kier alpha value is -0.610. The molecule has 4 heteroatoms. The third-order valence-electron chi connectivity index (χ3n) is 3.65. The molecule has 18 heavy (non-hydrogen) atoms. The summed E-state index contributed by atoms with van der Waals surface area (Å²) >= 11 is 3.44. The number of hydrogen-bond acceptors (Lipinski definition) is 3. The van der Waals surface area contributed by atoms with Crippen molar-refractivity contribution in [3.8, 4) is 0 Å². The second-order valence-corrected chi connectivity index (χ2v) is 6.01. The van der Waals surface area contributed by atoms with Gasteiger partial charge >= 0.3 is 0 Å². The predicted molar refractivity (Wildman–Crippen MR) is 79.8 cm³/mol. The van der Waals surface area contributed by atoms with Crippen LogP contribution in [0.1, 0.15) is 39.0 Å². The van der Waals surface area contributed by atoms with Crippen molar-refractivity contribution < 1.29 is 0 Å². The molecule has 1 aromatic heterocycles. The van der Waals surface area contributed by atoms with E-state index in [1.165, 1.54) is 12.8 Å². The molecule has 0 aliphatic heterocycles. The lowest BCUT2D eigenvalue weighted by Crippen LogP contribution is -2.41. The van der Waals surface area contributed by atoms with Crippen LogP contribution in [-0.2, 0) is 0 Å². The Balaban J connectivity index is 2.09. The van der Waals surface area contributed by atoms with Crippen LogP contribution in [0.25, 0.3) is 0 Å². The van der Waals surface area contributed by atoms with Crippen molar-refractivity contribution in [2.75, 3.05) is 11.4 Å². The molecule has 0 aromatic carbocycles. The summed E-state index contributed by atoms with van der Waals surface area (Å²) in [4.78, 5) is 7.00. The van der Waals surface area contributed by atoms with Gasteiger partial charge < -0.3 is 10.6 Å². The molecular formula is C14H22BrN3. The van der Waals surface area contributed by atoms with Crippen LogP contribution in [0.3, 0.4) is 0 Å². The van der Waals surface area contributed by atoms with Crippen LogP contribution in [0.4, 0.5) is 5.82 Å². The second kappa shape index (κ2) is 6.53. The number of hydrogen-bond donors (Lipinski definition) is 1. The third kappa shape index (κ3) is 3.45. The molecule has 0 amide bonds. The number of nitrogens with two attached hydrogens (primary N) is 1. The van der Waals surface area contributed by atoms with Gasteiger partial charge in [-0.15, -0.1) is 0 Å². The van der Waals surface area contributed by atoms with E-state index in [1.807, 2.05) is 6.20 Å². The Morgan fingerprint density at radius 1 is 1.33 bits per heavy atom. The van der Waals surface area contributed by atoms with Gasteiger partial charge in [-0.1, -0.05) is 6.92 Å². The van der Waals surface area contributed by atoms with Crippen LogP contribution < -0.4 is 10.6 Å². The predicted octanol–water partition coefficient (Wildman–Crippen LogP) is 3.33. The van der Waals surface area contributed by atoms with Crippen molar-refractivity contribution in [2.24, 2.45) is 5.73 Å². The Labute approximate surface area is 118 Å². The first-order valence-corrected chi connectivity index (χ1v) is 7.63. The minimum atomic E-state index is 0.405. The molecule has 0 saturated heterocycles. The summed E-state index contributed by atoms with van der Waals surface area (Å²) in [5, 5.41) is 0. The van der Waals surface area contributed by atoms with Crippen molar-refractivity contribution in [3.63, 3.8) is 0 Å². The molecule has 0 bridgehead atoms. The minimum Gasteiger partial charge on any atom is -0.354 e. The molecule has 1 aliphatic rings. The molecule has 100 valence electrons. The fourth-order valence-corrected chi connectivity index (χ4v) is 2.91. The van der Waals surface area contributed by atoms with E-state index >= 15 is 0 Å². The van der Waals surface area contributed by atoms with Gasteiger partial charge in [0.05, 0.1) is 0 Å². The number of anilines is 1. The van der Waals surface area contributed by atoms with Crippen LogP contribution in [0.5, 0.6) is 0 Å². The van der Waals surface area contributed by atoms with E-state index < -0.39 is 0 Å². The highest BCUT2D eigenvalue weighted by molar-refractivity contribution is 9.10. The minimum absolute atomic E-state index is 0.405. The Morgan fingerprint density at radius 2 is 2.06 bits per heavy atom. The van der Waals surface area contributed by atoms with Crippen LogP contribution in [0, 0.1) is 0 Å². The molecule has 1 aliphatic carbocycles. The Bertz CT molecular complexity index is 358. The van der Waals surface area contributed by atoms with E-state index in [0.717, 1.165) is 36.1 Å². The van der Waals surface area contributed by atoms with Gasteiger partial charge in [0.15, 0.2) is 0 Å². The molecular weight excluding hydrogens is 290 g/mol. The molecule has 2 N–H and O–H groups in total. The first-order valence-electron chi connectivity index (χ1n) is 6.84. The summed E-state index contributed by atoms with van der Waals surface area (Å²) in [6, 6.07) is 5.19. The fourth-order valence-electron chi connectivity index (χ4n) is 2.68. The van der Waals surface area contributed by atoms with Crippen molar-refractivity contribution in [2.45, 2.75) is 51.1 Å². The molecule has 1 fully saturated rings. The lowest BCUT2D eigenvalue weighted by molar-refractivity contribution is 0.374.